The first kappa shape index (κ1) is 9.60. The average molecular weight is 273 g/mol. The maximum atomic E-state index is 4.45. The zero-order valence-corrected chi connectivity index (χ0v) is 10.1. The van der Waals surface area contributed by atoms with Gasteiger partial charge in [-0.25, -0.2) is 4.98 Å². The molecule has 2 aromatic heterocycles. The molecule has 0 atom stereocenters. The van der Waals surface area contributed by atoms with Gasteiger partial charge in [0.2, 0.25) is 0 Å². The van der Waals surface area contributed by atoms with Crippen molar-refractivity contribution >= 4 is 26.8 Å². The molecular formula is C13H9BrN2. The normalized spacial score (nSPS) is 10.8. The van der Waals surface area contributed by atoms with Gasteiger partial charge in [0.05, 0.1) is 5.52 Å². The van der Waals surface area contributed by atoms with E-state index in [0.717, 1.165) is 10.4 Å². The maximum absolute atomic E-state index is 4.45. The average Bonchev–Trinajstić information content (AvgIpc) is 2.72. The number of hydrogen-bond donors (Lipinski definition) is 0. The van der Waals surface area contributed by atoms with Gasteiger partial charge in [-0.3, -0.25) is 0 Å². The molecule has 0 spiro atoms. The van der Waals surface area contributed by atoms with Gasteiger partial charge in [0.25, 0.3) is 0 Å². The lowest BCUT2D eigenvalue weighted by Crippen LogP contribution is -1.94. The van der Waals surface area contributed by atoms with E-state index < -0.39 is 0 Å². The number of benzene rings is 1. The number of rotatable bonds is 1. The number of halogens is 1. The lowest BCUT2D eigenvalue weighted by molar-refractivity contribution is 1.03. The van der Waals surface area contributed by atoms with Gasteiger partial charge >= 0.3 is 0 Å². The standard InChI is InChI=1S/C13H9BrN2/c14-12-6-3-7-13(15-12)16-9-8-10-4-1-2-5-11(10)16/h1-9H. The Morgan fingerprint density at radius 3 is 2.69 bits per heavy atom. The van der Waals surface area contributed by atoms with E-state index in [4.69, 9.17) is 0 Å². The highest BCUT2D eigenvalue weighted by atomic mass is 79.9. The van der Waals surface area contributed by atoms with Crippen LogP contribution in [0.5, 0.6) is 0 Å². The van der Waals surface area contributed by atoms with Crippen molar-refractivity contribution < 1.29 is 0 Å². The fraction of sp³-hybridized carbons (Fsp3) is 0. The monoisotopic (exact) mass is 272 g/mol. The van der Waals surface area contributed by atoms with Crippen molar-refractivity contribution in [2.45, 2.75) is 0 Å². The van der Waals surface area contributed by atoms with Crippen LogP contribution in [0.3, 0.4) is 0 Å². The van der Waals surface area contributed by atoms with Gasteiger partial charge in [0.15, 0.2) is 0 Å². The summed E-state index contributed by atoms with van der Waals surface area (Å²) in [6.45, 7) is 0. The summed E-state index contributed by atoms with van der Waals surface area (Å²) in [5.74, 6) is 0.926. The third kappa shape index (κ3) is 1.53. The minimum absolute atomic E-state index is 0.850. The predicted molar refractivity (Wildman–Crippen MR) is 68.8 cm³/mol. The fourth-order valence-electron chi connectivity index (χ4n) is 1.81. The predicted octanol–water partition coefficient (Wildman–Crippen LogP) is 3.79. The summed E-state index contributed by atoms with van der Waals surface area (Å²) < 4.78 is 2.93. The van der Waals surface area contributed by atoms with Crippen molar-refractivity contribution in [2.75, 3.05) is 0 Å². The van der Waals surface area contributed by atoms with E-state index in [1.165, 1.54) is 10.9 Å². The lowest BCUT2D eigenvalue weighted by Gasteiger charge is -2.04. The summed E-state index contributed by atoms with van der Waals surface area (Å²) in [6, 6.07) is 16.3. The number of fused-ring (bicyclic) bond motifs is 1. The van der Waals surface area contributed by atoms with E-state index in [9.17, 15) is 0 Å². The molecule has 78 valence electrons. The van der Waals surface area contributed by atoms with Crippen LogP contribution in [0.2, 0.25) is 0 Å². The van der Waals surface area contributed by atoms with Crippen molar-refractivity contribution in [2.24, 2.45) is 0 Å². The summed E-state index contributed by atoms with van der Waals surface area (Å²) in [4.78, 5) is 4.45. The van der Waals surface area contributed by atoms with Crippen LogP contribution in [0.4, 0.5) is 0 Å². The molecule has 0 aliphatic carbocycles. The number of nitrogens with zero attached hydrogens (tertiary/aromatic N) is 2. The molecule has 0 bridgehead atoms. The Labute approximate surface area is 102 Å². The van der Waals surface area contributed by atoms with Crippen LogP contribution in [-0.2, 0) is 0 Å². The third-order valence-electron chi connectivity index (χ3n) is 2.55. The number of para-hydroxylation sites is 1. The van der Waals surface area contributed by atoms with Gasteiger partial charge in [0.1, 0.15) is 10.4 Å². The molecule has 0 aliphatic heterocycles. The van der Waals surface area contributed by atoms with E-state index in [2.05, 4.69) is 43.7 Å². The molecule has 2 heterocycles. The lowest BCUT2D eigenvalue weighted by atomic mass is 10.2. The maximum Gasteiger partial charge on any atom is 0.138 e. The van der Waals surface area contributed by atoms with Crippen molar-refractivity contribution in [1.29, 1.82) is 0 Å². The molecule has 3 rings (SSSR count). The molecule has 0 amide bonds. The van der Waals surface area contributed by atoms with Crippen LogP contribution in [0, 0.1) is 0 Å². The minimum Gasteiger partial charge on any atom is -0.301 e. The Hall–Kier alpha value is -1.61. The molecule has 0 saturated heterocycles. The van der Waals surface area contributed by atoms with Gasteiger partial charge in [-0.1, -0.05) is 24.3 Å². The molecule has 0 fully saturated rings. The van der Waals surface area contributed by atoms with E-state index >= 15 is 0 Å². The van der Waals surface area contributed by atoms with Gasteiger partial charge in [-0.05, 0) is 45.6 Å². The Morgan fingerprint density at radius 2 is 1.81 bits per heavy atom. The van der Waals surface area contributed by atoms with Gasteiger partial charge < -0.3 is 4.57 Å². The molecule has 3 aromatic rings. The summed E-state index contributed by atoms with van der Waals surface area (Å²) >= 11 is 3.39. The Bertz CT molecular complexity index is 643. The molecule has 0 aliphatic rings. The quantitative estimate of drug-likeness (QED) is 0.617. The summed E-state index contributed by atoms with van der Waals surface area (Å²) in [6.07, 6.45) is 2.04. The first-order valence-electron chi connectivity index (χ1n) is 5.03. The minimum atomic E-state index is 0.850. The molecule has 0 unspecified atom stereocenters. The zero-order valence-electron chi connectivity index (χ0n) is 8.47. The second-order valence-electron chi connectivity index (χ2n) is 3.56. The zero-order chi connectivity index (χ0) is 11.0. The molecule has 16 heavy (non-hydrogen) atoms. The molecule has 3 heteroatoms. The molecule has 2 nitrogen and oxygen atoms in total. The van der Waals surface area contributed by atoms with Crippen molar-refractivity contribution in [3.05, 3.63) is 59.3 Å². The highest BCUT2D eigenvalue weighted by Gasteiger charge is 2.03. The molecular weight excluding hydrogens is 264 g/mol. The second-order valence-corrected chi connectivity index (χ2v) is 4.38. The smallest absolute Gasteiger partial charge is 0.138 e. The Morgan fingerprint density at radius 1 is 0.938 bits per heavy atom. The largest absolute Gasteiger partial charge is 0.301 e. The van der Waals surface area contributed by atoms with Crippen molar-refractivity contribution in [3.8, 4) is 5.82 Å². The van der Waals surface area contributed by atoms with Crippen molar-refractivity contribution in [1.82, 2.24) is 9.55 Å². The van der Waals surface area contributed by atoms with Crippen LogP contribution in [0.15, 0.2) is 59.3 Å². The van der Waals surface area contributed by atoms with E-state index in [1.807, 2.05) is 36.5 Å². The molecule has 0 radical (unpaired) electrons. The number of hydrogen-bond acceptors (Lipinski definition) is 1. The molecule has 0 N–H and O–H groups in total. The van der Waals surface area contributed by atoms with E-state index in [0.29, 0.717) is 0 Å². The van der Waals surface area contributed by atoms with Gasteiger partial charge in [-0.2, -0.15) is 0 Å². The number of pyridine rings is 1. The van der Waals surface area contributed by atoms with Crippen LogP contribution in [-0.4, -0.2) is 9.55 Å². The highest BCUT2D eigenvalue weighted by Crippen LogP contribution is 2.19. The van der Waals surface area contributed by atoms with Crippen LogP contribution >= 0.6 is 15.9 Å². The Kier molecular flexibility index (Phi) is 2.26. The number of aromatic nitrogens is 2. The highest BCUT2D eigenvalue weighted by molar-refractivity contribution is 9.10. The van der Waals surface area contributed by atoms with Crippen molar-refractivity contribution in [3.63, 3.8) is 0 Å². The van der Waals surface area contributed by atoms with Crippen LogP contribution in [0.1, 0.15) is 0 Å². The van der Waals surface area contributed by atoms with E-state index in [1.54, 1.807) is 0 Å². The third-order valence-corrected chi connectivity index (χ3v) is 2.99. The summed E-state index contributed by atoms with van der Waals surface area (Å²) in [7, 11) is 0. The topological polar surface area (TPSA) is 17.8 Å². The first-order chi connectivity index (χ1) is 7.84. The van der Waals surface area contributed by atoms with Gasteiger partial charge in [0, 0.05) is 6.20 Å². The fourth-order valence-corrected chi connectivity index (χ4v) is 2.15. The van der Waals surface area contributed by atoms with Gasteiger partial charge in [-0.15, -0.1) is 0 Å². The Balaban J connectivity index is 2.26. The summed E-state index contributed by atoms with van der Waals surface area (Å²) in [5, 5.41) is 1.23. The second kappa shape index (κ2) is 3.76. The summed E-state index contributed by atoms with van der Waals surface area (Å²) in [5.41, 5.74) is 1.17. The van der Waals surface area contributed by atoms with Crippen LogP contribution in [0.25, 0.3) is 16.7 Å². The first-order valence-corrected chi connectivity index (χ1v) is 5.83. The molecule has 1 aromatic carbocycles. The van der Waals surface area contributed by atoms with E-state index in [-0.39, 0.29) is 0 Å². The molecule has 0 saturated carbocycles. The SMILES string of the molecule is Brc1cccc(-n2ccc3ccccc32)n1. The van der Waals surface area contributed by atoms with Crippen LogP contribution < -0.4 is 0 Å².